The van der Waals surface area contributed by atoms with Crippen molar-refractivity contribution in [3.05, 3.63) is 35.9 Å². The second-order valence-electron chi connectivity index (χ2n) is 3.00. The molecule has 0 spiro atoms. The van der Waals surface area contributed by atoms with Crippen LogP contribution in [0.3, 0.4) is 0 Å². The molecule has 0 bridgehead atoms. The maximum Gasteiger partial charge on any atom is 0.304 e. The van der Waals surface area contributed by atoms with Crippen molar-refractivity contribution in [2.24, 2.45) is 5.14 Å². The molecule has 3 N–H and O–H groups in total. The maximum atomic E-state index is 11.2. The number of nitrogens with zero attached hydrogens (tertiary/aromatic N) is 2. The Balaban J connectivity index is 2.33. The van der Waals surface area contributed by atoms with Crippen molar-refractivity contribution < 1.29 is 13.5 Å². The molecule has 0 saturated heterocycles. The molecule has 1 aromatic carbocycles. The van der Waals surface area contributed by atoms with E-state index in [-0.39, 0.29) is 5.75 Å². The van der Waals surface area contributed by atoms with Gasteiger partial charge in [0.25, 0.3) is 0 Å². The molecule has 6 nitrogen and oxygen atoms in total. The van der Waals surface area contributed by atoms with Crippen molar-refractivity contribution >= 4 is 27.8 Å². The molecule has 16 heavy (non-hydrogen) atoms. The normalized spacial score (nSPS) is 16.9. The standard InChI is InChI=1S/C8H9N3O3S2/c9-16(13,14)11-10(5-6-15-11)7-1-3-8(12)4-2-7/h1-6,12H,(H2,9,13,14). The number of aromatic hydroxyl groups is 1. The fourth-order valence-electron chi connectivity index (χ4n) is 1.21. The molecule has 0 saturated carbocycles. The Morgan fingerprint density at radius 3 is 2.44 bits per heavy atom. The van der Waals surface area contributed by atoms with Crippen molar-refractivity contribution in [3.63, 3.8) is 0 Å². The van der Waals surface area contributed by atoms with Gasteiger partial charge in [0.2, 0.25) is 0 Å². The first-order chi connectivity index (χ1) is 7.48. The Bertz CT molecular complexity index is 512. The van der Waals surface area contributed by atoms with Gasteiger partial charge in [-0.1, -0.05) is 0 Å². The van der Waals surface area contributed by atoms with E-state index in [1.165, 1.54) is 17.1 Å². The summed E-state index contributed by atoms with van der Waals surface area (Å²) in [7, 11) is -3.81. The molecular weight excluding hydrogens is 250 g/mol. The van der Waals surface area contributed by atoms with Crippen LogP contribution < -0.4 is 10.1 Å². The van der Waals surface area contributed by atoms with E-state index in [4.69, 9.17) is 10.2 Å². The number of phenols is 1. The lowest BCUT2D eigenvalue weighted by molar-refractivity contribution is 0.475. The lowest BCUT2D eigenvalue weighted by Gasteiger charge is -2.24. The van der Waals surface area contributed by atoms with E-state index in [0.717, 1.165) is 15.8 Å². The van der Waals surface area contributed by atoms with Crippen molar-refractivity contribution in [2.45, 2.75) is 0 Å². The third-order valence-electron chi connectivity index (χ3n) is 1.86. The van der Waals surface area contributed by atoms with Gasteiger partial charge < -0.3 is 5.11 Å². The summed E-state index contributed by atoms with van der Waals surface area (Å²) in [5.74, 6) is 0.113. The highest BCUT2D eigenvalue weighted by atomic mass is 32.3. The summed E-state index contributed by atoms with van der Waals surface area (Å²) >= 11 is 0.960. The van der Waals surface area contributed by atoms with E-state index in [1.807, 2.05) is 0 Å². The molecule has 8 heteroatoms. The third kappa shape index (κ3) is 2.14. The van der Waals surface area contributed by atoms with Gasteiger partial charge in [-0.25, -0.2) is 5.14 Å². The van der Waals surface area contributed by atoms with Crippen molar-refractivity contribution in [1.29, 1.82) is 0 Å². The van der Waals surface area contributed by atoms with E-state index in [9.17, 15) is 8.42 Å². The van der Waals surface area contributed by atoms with Gasteiger partial charge in [-0.05, 0) is 40.0 Å². The van der Waals surface area contributed by atoms with Gasteiger partial charge in [-0.15, -0.1) is 0 Å². The fraction of sp³-hybridized carbons (Fsp3) is 0. The SMILES string of the molecule is NS(=O)(=O)N1SC=CN1c1ccc(O)cc1. The van der Waals surface area contributed by atoms with Crippen LogP contribution >= 0.6 is 11.9 Å². The highest BCUT2D eigenvalue weighted by molar-refractivity contribution is 8.09. The summed E-state index contributed by atoms with van der Waals surface area (Å²) in [5.41, 5.74) is 0.591. The molecule has 86 valence electrons. The monoisotopic (exact) mass is 259 g/mol. The minimum atomic E-state index is -3.81. The van der Waals surface area contributed by atoms with Crippen molar-refractivity contribution in [2.75, 3.05) is 5.01 Å². The molecule has 0 atom stereocenters. The zero-order valence-electron chi connectivity index (χ0n) is 8.02. The molecule has 0 unspecified atom stereocenters. The van der Waals surface area contributed by atoms with Crippen LogP contribution in [0.5, 0.6) is 5.75 Å². The molecule has 0 aliphatic carbocycles. The Morgan fingerprint density at radius 1 is 1.25 bits per heavy atom. The van der Waals surface area contributed by atoms with Crippen molar-refractivity contribution in [1.82, 2.24) is 3.82 Å². The predicted molar refractivity (Wildman–Crippen MR) is 62.3 cm³/mol. The second-order valence-corrected chi connectivity index (χ2v) is 5.44. The molecule has 1 aliphatic rings. The highest BCUT2D eigenvalue weighted by Gasteiger charge is 2.28. The van der Waals surface area contributed by atoms with Crippen LogP contribution in [0.25, 0.3) is 0 Å². The highest BCUT2D eigenvalue weighted by Crippen LogP contribution is 2.31. The van der Waals surface area contributed by atoms with Gasteiger partial charge in [0.15, 0.2) is 0 Å². The lowest BCUT2D eigenvalue weighted by atomic mass is 10.3. The predicted octanol–water partition coefficient (Wildman–Crippen LogP) is 0.752. The number of hydrazine groups is 1. The van der Waals surface area contributed by atoms with Gasteiger partial charge in [0, 0.05) is 11.6 Å². The number of hydrogen-bond acceptors (Lipinski definition) is 5. The van der Waals surface area contributed by atoms with Crippen LogP contribution in [0.2, 0.25) is 0 Å². The summed E-state index contributed by atoms with van der Waals surface area (Å²) in [6.45, 7) is 0. The average molecular weight is 259 g/mol. The lowest BCUT2D eigenvalue weighted by Crippen LogP contribution is -2.39. The summed E-state index contributed by atoms with van der Waals surface area (Å²) in [4.78, 5) is 0. The van der Waals surface area contributed by atoms with Gasteiger partial charge >= 0.3 is 10.2 Å². The molecule has 0 radical (unpaired) electrons. The van der Waals surface area contributed by atoms with Crippen molar-refractivity contribution in [3.8, 4) is 5.75 Å². The first kappa shape index (κ1) is 11.3. The minimum absolute atomic E-state index is 0.113. The maximum absolute atomic E-state index is 11.2. The third-order valence-corrected chi connectivity index (χ3v) is 3.95. The Morgan fingerprint density at radius 2 is 1.88 bits per heavy atom. The quantitative estimate of drug-likeness (QED) is 0.765. The van der Waals surface area contributed by atoms with Gasteiger partial charge in [0.1, 0.15) is 5.75 Å². The Labute approximate surface area is 97.2 Å². The summed E-state index contributed by atoms with van der Waals surface area (Å²) < 4.78 is 23.4. The molecule has 1 aromatic rings. The van der Waals surface area contributed by atoms with Crippen LogP contribution in [-0.2, 0) is 10.2 Å². The smallest absolute Gasteiger partial charge is 0.304 e. The zero-order valence-corrected chi connectivity index (χ0v) is 9.65. The van der Waals surface area contributed by atoms with Gasteiger partial charge in [0.05, 0.1) is 5.69 Å². The average Bonchev–Trinajstić information content (AvgIpc) is 2.66. The van der Waals surface area contributed by atoms with Crippen LogP contribution in [0, 0.1) is 0 Å². The van der Waals surface area contributed by atoms with E-state index in [1.54, 1.807) is 23.7 Å². The number of anilines is 1. The topological polar surface area (TPSA) is 86.9 Å². The van der Waals surface area contributed by atoms with E-state index in [0.29, 0.717) is 5.69 Å². The molecule has 0 aromatic heterocycles. The molecule has 1 aliphatic heterocycles. The molecule has 0 amide bonds. The van der Waals surface area contributed by atoms with Gasteiger partial charge in [-0.3, -0.25) is 5.01 Å². The van der Waals surface area contributed by atoms with Crippen LogP contribution in [0.15, 0.2) is 35.9 Å². The second kappa shape index (κ2) is 3.98. The Kier molecular flexibility index (Phi) is 2.80. The summed E-state index contributed by atoms with van der Waals surface area (Å²) in [6.07, 6.45) is 1.57. The first-order valence-electron chi connectivity index (χ1n) is 4.23. The number of hydrogen-bond donors (Lipinski definition) is 2. The first-order valence-corrected chi connectivity index (χ1v) is 6.57. The van der Waals surface area contributed by atoms with E-state index >= 15 is 0 Å². The minimum Gasteiger partial charge on any atom is -0.508 e. The largest absolute Gasteiger partial charge is 0.508 e. The molecule has 2 rings (SSSR count). The van der Waals surface area contributed by atoms with E-state index < -0.39 is 10.2 Å². The number of benzene rings is 1. The molecule has 1 heterocycles. The summed E-state index contributed by atoms with van der Waals surface area (Å²) in [6, 6.07) is 6.11. The molecular formula is C8H9N3O3S2. The fourth-order valence-corrected chi connectivity index (χ4v) is 2.76. The van der Waals surface area contributed by atoms with Gasteiger partial charge in [-0.2, -0.15) is 8.42 Å². The molecule has 0 fully saturated rings. The summed E-state index contributed by atoms with van der Waals surface area (Å²) in [5, 5.41) is 17.1. The van der Waals surface area contributed by atoms with E-state index in [2.05, 4.69) is 0 Å². The number of rotatable bonds is 2. The Hall–Kier alpha value is -1.22. The number of phenolic OH excluding ortho intramolecular Hbond substituents is 1. The van der Waals surface area contributed by atoms with Crippen LogP contribution in [0.4, 0.5) is 5.69 Å². The van der Waals surface area contributed by atoms with Crippen LogP contribution in [-0.4, -0.2) is 17.3 Å². The van der Waals surface area contributed by atoms with Crippen LogP contribution in [0.1, 0.15) is 0 Å². The zero-order chi connectivity index (χ0) is 11.8. The number of nitrogens with two attached hydrogens (primary N) is 1.